The van der Waals surface area contributed by atoms with Crippen LogP contribution in [-0.2, 0) is 9.59 Å². The van der Waals surface area contributed by atoms with Gasteiger partial charge in [0.25, 0.3) is 5.91 Å². The van der Waals surface area contributed by atoms with E-state index in [0.717, 1.165) is 36.1 Å². The number of halogens is 2. The van der Waals surface area contributed by atoms with Crippen molar-refractivity contribution in [3.8, 4) is 5.75 Å². The van der Waals surface area contributed by atoms with Gasteiger partial charge in [-0.3, -0.25) is 25.8 Å². The number of rotatable bonds is 5. The zero-order valence-electron chi connectivity index (χ0n) is 18.2. The van der Waals surface area contributed by atoms with Crippen LogP contribution in [0.15, 0.2) is 87.8 Å². The Bertz CT molecular complexity index is 1470. The van der Waals surface area contributed by atoms with Gasteiger partial charge < -0.3 is 4.74 Å². The summed E-state index contributed by atoms with van der Waals surface area (Å²) in [5.74, 6) is -0.354. The van der Waals surface area contributed by atoms with Crippen LogP contribution in [-0.4, -0.2) is 23.5 Å². The first kappa shape index (κ1) is 24.8. The van der Waals surface area contributed by atoms with Gasteiger partial charge in [-0.15, -0.1) is 0 Å². The SMILES string of the molecule is O=C(C=Cc1cccc2ccccc12)NC(=S)NNC(=O)COc1ccc2cc(Br)ccc2c1Br. The molecular weight excluding hydrogens is 594 g/mol. The topological polar surface area (TPSA) is 79.5 Å². The zero-order chi connectivity index (χ0) is 24.8. The standard InChI is InChI=1S/C26H19Br2N3O3S/c27-19-10-11-21-18(14-19)8-12-22(25(21)28)34-15-24(33)30-31-26(35)29-23(32)13-9-17-6-3-5-16-4-1-2-7-20(16)17/h1-14H,15H2,(H,30,33)(H2,29,31,32,35). The molecule has 0 aliphatic heterocycles. The highest BCUT2D eigenvalue weighted by Crippen LogP contribution is 2.34. The Kier molecular flexibility index (Phi) is 8.12. The van der Waals surface area contributed by atoms with E-state index in [-0.39, 0.29) is 11.7 Å². The Hall–Kier alpha value is -3.27. The third-order valence-corrected chi connectivity index (χ3v) is 6.54. The monoisotopic (exact) mass is 611 g/mol. The van der Waals surface area contributed by atoms with Crippen LogP contribution in [0, 0.1) is 0 Å². The van der Waals surface area contributed by atoms with Crippen LogP contribution < -0.4 is 20.9 Å². The summed E-state index contributed by atoms with van der Waals surface area (Å²) in [5.41, 5.74) is 5.81. The maximum atomic E-state index is 12.2. The summed E-state index contributed by atoms with van der Waals surface area (Å²) in [5, 5.41) is 6.57. The van der Waals surface area contributed by atoms with E-state index in [0.29, 0.717) is 5.75 Å². The smallest absolute Gasteiger partial charge is 0.276 e. The molecule has 0 fully saturated rings. The fourth-order valence-corrected chi connectivity index (χ4v) is 4.54. The van der Waals surface area contributed by atoms with E-state index < -0.39 is 11.8 Å². The molecule has 0 aliphatic rings. The van der Waals surface area contributed by atoms with Gasteiger partial charge in [0.1, 0.15) is 5.75 Å². The highest BCUT2D eigenvalue weighted by atomic mass is 79.9. The number of benzene rings is 4. The van der Waals surface area contributed by atoms with Crippen LogP contribution in [0.2, 0.25) is 0 Å². The van der Waals surface area contributed by atoms with Crippen molar-refractivity contribution in [3.05, 3.63) is 93.4 Å². The van der Waals surface area contributed by atoms with Crippen LogP contribution in [0.5, 0.6) is 5.75 Å². The van der Waals surface area contributed by atoms with Gasteiger partial charge >= 0.3 is 0 Å². The Balaban J connectivity index is 1.25. The van der Waals surface area contributed by atoms with E-state index in [1.165, 1.54) is 6.08 Å². The molecule has 176 valence electrons. The fourth-order valence-electron chi connectivity index (χ4n) is 3.41. The van der Waals surface area contributed by atoms with Crippen LogP contribution in [0.3, 0.4) is 0 Å². The maximum absolute atomic E-state index is 12.2. The summed E-state index contributed by atoms with van der Waals surface area (Å²) in [7, 11) is 0. The normalized spacial score (nSPS) is 10.9. The number of ether oxygens (including phenoxy) is 1. The first-order valence-corrected chi connectivity index (χ1v) is 12.5. The second kappa shape index (κ2) is 11.4. The van der Waals surface area contributed by atoms with Gasteiger partial charge in [0.15, 0.2) is 11.7 Å². The molecule has 0 saturated carbocycles. The molecule has 4 aromatic rings. The second-order valence-electron chi connectivity index (χ2n) is 7.43. The van der Waals surface area contributed by atoms with E-state index in [4.69, 9.17) is 17.0 Å². The van der Waals surface area contributed by atoms with Gasteiger partial charge in [-0.25, -0.2) is 0 Å². The Morgan fingerprint density at radius 2 is 1.69 bits per heavy atom. The van der Waals surface area contributed by atoms with E-state index >= 15 is 0 Å². The number of hydrogen-bond donors (Lipinski definition) is 3. The molecule has 2 amide bonds. The van der Waals surface area contributed by atoms with Gasteiger partial charge in [0, 0.05) is 10.5 Å². The molecule has 0 spiro atoms. The Labute approximate surface area is 224 Å². The van der Waals surface area contributed by atoms with Gasteiger partial charge in [-0.2, -0.15) is 0 Å². The second-order valence-corrected chi connectivity index (χ2v) is 9.54. The number of carbonyl (C=O) groups is 2. The number of hydrazine groups is 1. The minimum atomic E-state index is -0.462. The van der Waals surface area contributed by atoms with Crippen LogP contribution in [0.25, 0.3) is 27.6 Å². The minimum absolute atomic E-state index is 0.0385. The Morgan fingerprint density at radius 3 is 2.54 bits per heavy atom. The van der Waals surface area contributed by atoms with Crippen molar-refractivity contribution in [2.75, 3.05) is 6.61 Å². The number of hydrogen-bond acceptors (Lipinski definition) is 4. The third-order valence-electron chi connectivity index (χ3n) is 5.03. The van der Waals surface area contributed by atoms with Crippen molar-refractivity contribution >= 4 is 88.6 Å². The highest BCUT2D eigenvalue weighted by molar-refractivity contribution is 9.11. The molecule has 4 rings (SSSR count). The average Bonchev–Trinajstić information content (AvgIpc) is 2.85. The van der Waals surface area contributed by atoms with E-state index in [2.05, 4.69) is 48.0 Å². The zero-order valence-corrected chi connectivity index (χ0v) is 22.2. The van der Waals surface area contributed by atoms with Crippen LogP contribution in [0.4, 0.5) is 0 Å². The maximum Gasteiger partial charge on any atom is 0.276 e. The summed E-state index contributed by atoms with van der Waals surface area (Å²) < 4.78 is 7.35. The molecule has 0 aliphatic carbocycles. The lowest BCUT2D eigenvalue weighted by atomic mass is 10.0. The van der Waals surface area contributed by atoms with Gasteiger partial charge in [-0.1, -0.05) is 70.5 Å². The quantitative estimate of drug-likeness (QED) is 0.155. The molecule has 6 nitrogen and oxygen atoms in total. The van der Waals surface area contributed by atoms with E-state index in [1.54, 1.807) is 12.1 Å². The molecule has 3 N–H and O–H groups in total. The molecule has 35 heavy (non-hydrogen) atoms. The van der Waals surface area contributed by atoms with Crippen LogP contribution in [0.1, 0.15) is 5.56 Å². The molecule has 0 unspecified atom stereocenters. The number of carbonyl (C=O) groups excluding carboxylic acids is 2. The molecule has 0 aromatic heterocycles. The molecule has 0 bridgehead atoms. The van der Waals surface area contributed by atoms with Gasteiger partial charge in [0.2, 0.25) is 5.91 Å². The van der Waals surface area contributed by atoms with Crippen molar-refractivity contribution in [1.82, 2.24) is 16.2 Å². The number of amides is 2. The van der Waals surface area contributed by atoms with Crippen molar-refractivity contribution in [1.29, 1.82) is 0 Å². The predicted octanol–water partition coefficient (Wildman–Crippen LogP) is 5.63. The number of fused-ring (bicyclic) bond motifs is 2. The van der Waals surface area contributed by atoms with Crippen molar-refractivity contribution < 1.29 is 14.3 Å². The lowest BCUT2D eigenvalue weighted by Gasteiger charge is -2.12. The number of thiocarbonyl (C=S) groups is 1. The average molecular weight is 613 g/mol. The largest absolute Gasteiger partial charge is 0.483 e. The third kappa shape index (κ3) is 6.45. The summed E-state index contributed by atoms with van der Waals surface area (Å²) in [6.07, 6.45) is 3.10. The minimum Gasteiger partial charge on any atom is -0.483 e. The Morgan fingerprint density at radius 1 is 0.886 bits per heavy atom. The van der Waals surface area contributed by atoms with E-state index in [9.17, 15) is 9.59 Å². The van der Waals surface area contributed by atoms with Crippen molar-refractivity contribution in [2.45, 2.75) is 0 Å². The molecule has 0 saturated heterocycles. The summed E-state index contributed by atoms with van der Waals surface area (Å²) in [4.78, 5) is 24.4. The fraction of sp³-hybridized carbons (Fsp3) is 0.0385. The molecule has 9 heteroatoms. The number of nitrogens with one attached hydrogen (secondary N) is 3. The van der Waals surface area contributed by atoms with Crippen molar-refractivity contribution in [2.24, 2.45) is 0 Å². The summed E-state index contributed by atoms with van der Waals surface area (Å²) >= 11 is 12.1. The van der Waals surface area contributed by atoms with Gasteiger partial charge in [0.05, 0.1) is 4.47 Å². The van der Waals surface area contributed by atoms with Crippen LogP contribution >= 0.6 is 44.1 Å². The highest BCUT2D eigenvalue weighted by Gasteiger charge is 2.10. The molecule has 0 atom stereocenters. The lowest BCUT2D eigenvalue weighted by molar-refractivity contribution is -0.123. The lowest BCUT2D eigenvalue weighted by Crippen LogP contribution is -2.49. The summed E-state index contributed by atoms with van der Waals surface area (Å²) in [6, 6.07) is 23.3. The van der Waals surface area contributed by atoms with Gasteiger partial charge in [-0.05, 0) is 79.5 Å². The summed E-state index contributed by atoms with van der Waals surface area (Å²) in [6.45, 7) is -0.245. The molecule has 0 heterocycles. The predicted molar refractivity (Wildman–Crippen MR) is 150 cm³/mol. The first-order chi connectivity index (χ1) is 16.9. The molecular formula is C26H19Br2N3O3S. The molecule has 4 aromatic carbocycles. The molecule has 0 radical (unpaired) electrons. The van der Waals surface area contributed by atoms with E-state index in [1.807, 2.05) is 66.7 Å². The van der Waals surface area contributed by atoms with Crippen molar-refractivity contribution in [3.63, 3.8) is 0 Å². The first-order valence-electron chi connectivity index (χ1n) is 10.5.